The minimum Gasteiger partial charge on any atom is -0.380 e. The minimum atomic E-state index is -3.67. The fraction of sp³-hybridized carbons (Fsp3) is 0.389. The lowest BCUT2D eigenvalue weighted by atomic mass is 9.80. The van der Waals surface area contributed by atoms with Gasteiger partial charge >= 0.3 is 0 Å². The summed E-state index contributed by atoms with van der Waals surface area (Å²) in [5.74, 6) is 0.616. The molecule has 2 atom stereocenters. The number of benzene rings is 3. The Kier molecular flexibility index (Phi) is 9.10. The number of aromatic nitrogens is 2. The van der Waals surface area contributed by atoms with E-state index >= 15 is 0 Å². The Morgan fingerprint density at radius 2 is 1.66 bits per heavy atom. The van der Waals surface area contributed by atoms with Gasteiger partial charge in [-0.25, -0.2) is 18.4 Å². The normalized spacial score (nSPS) is 21.2. The van der Waals surface area contributed by atoms with Crippen molar-refractivity contribution < 1.29 is 22.6 Å². The molecular formula is C36H39BrN4O5S. The van der Waals surface area contributed by atoms with Crippen molar-refractivity contribution in [2.24, 2.45) is 0 Å². The van der Waals surface area contributed by atoms with Crippen molar-refractivity contribution in [1.29, 1.82) is 0 Å². The quantitative estimate of drug-likeness (QED) is 0.209. The number of fused-ring (bicyclic) bond motifs is 3. The van der Waals surface area contributed by atoms with Gasteiger partial charge in [0.2, 0.25) is 15.0 Å². The third-order valence-electron chi connectivity index (χ3n) is 9.24. The number of hydrogen-bond donors (Lipinski definition) is 0. The van der Waals surface area contributed by atoms with Gasteiger partial charge in [-0.05, 0) is 52.0 Å². The summed E-state index contributed by atoms with van der Waals surface area (Å²) in [6.07, 6.45) is 2.20. The Bertz CT molecular complexity index is 1810. The van der Waals surface area contributed by atoms with Gasteiger partial charge in [0.1, 0.15) is 11.4 Å². The summed E-state index contributed by atoms with van der Waals surface area (Å²) in [6, 6.07) is 25.2. The standard InChI is InChI=1S/C36H39BrN4O5S/c1-25-28-14-15-31(41(21-26-10-5-3-6-11-26)22-27-12-7-4-8-13-27)33(37)32(28)36(24-45-25)20-30-29(23-46-36)34(39-35(38-30)47(2,42)43)40-16-9-18-44-19-17-40/h3-8,10-15,25H,9,16-24H2,1-2H3/t25-,36-/m1/s1. The molecule has 0 unspecified atom stereocenters. The van der Waals surface area contributed by atoms with Gasteiger partial charge < -0.3 is 24.0 Å². The van der Waals surface area contributed by atoms with E-state index in [1.165, 1.54) is 11.1 Å². The SMILES string of the molecule is C[C@H]1OC[C@]2(Cc3nc(S(C)(=O)=O)nc(N4CCCOCC4)c3CO2)c2c1ccc(N(Cc1ccccc1)Cc1ccccc1)c2Br. The van der Waals surface area contributed by atoms with E-state index in [9.17, 15) is 8.42 Å². The van der Waals surface area contributed by atoms with Crippen LogP contribution in [0.15, 0.2) is 82.4 Å². The van der Waals surface area contributed by atoms with Gasteiger partial charge in [0.15, 0.2) is 0 Å². The van der Waals surface area contributed by atoms with Crippen LogP contribution in [0, 0.1) is 0 Å². The zero-order chi connectivity index (χ0) is 32.6. The van der Waals surface area contributed by atoms with Crippen LogP contribution < -0.4 is 9.80 Å². The third kappa shape index (κ3) is 6.56. The average Bonchev–Trinajstić information content (AvgIpc) is 3.36. The van der Waals surface area contributed by atoms with E-state index < -0.39 is 15.4 Å². The molecule has 4 heterocycles. The lowest BCUT2D eigenvalue weighted by Gasteiger charge is -2.45. The molecule has 1 aromatic heterocycles. The molecule has 1 fully saturated rings. The van der Waals surface area contributed by atoms with E-state index in [1.54, 1.807) is 0 Å². The average molecular weight is 720 g/mol. The maximum Gasteiger partial charge on any atom is 0.249 e. The second-order valence-electron chi connectivity index (χ2n) is 12.6. The van der Waals surface area contributed by atoms with Gasteiger partial charge in [-0.15, -0.1) is 0 Å². The Morgan fingerprint density at radius 3 is 2.34 bits per heavy atom. The molecule has 0 radical (unpaired) electrons. The van der Waals surface area contributed by atoms with Crippen molar-refractivity contribution in [3.63, 3.8) is 0 Å². The van der Waals surface area contributed by atoms with Crippen LogP contribution in [0.3, 0.4) is 0 Å². The number of ether oxygens (including phenoxy) is 3. The highest BCUT2D eigenvalue weighted by Gasteiger charge is 2.47. The molecule has 0 amide bonds. The van der Waals surface area contributed by atoms with Gasteiger partial charge in [-0.1, -0.05) is 66.7 Å². The van der Waals surface area contributed by atoms with Crippen molar-refractivity contribution in [1.82, 2.24) is 9.97 Å². The number of nitrogens with zero attached hydrogens (tertiary/aromatic N) is 4. The van der Waals surface area contributed by atoms with Crippen LogP contribution >= 0.6 is 15.9 Å². The molecule has 7 rings (SSSR count). The van der Waals surface area contributed by atoms with E-state index in [1.807, 2.05) is 12.1 Å². The lowest BCUT2D eigenvalue weighted by molar-refractivity contribution is -0.148. The molecule has 1 spiro atoms. The summed E-state index contributed by atoms with van der Waals surface area (Å²) >= 11 is 4.08. The number of halogens is 1. The highest BCUT2D eigenvalue weighted by Crippen LogP contribution is 2.50. The Morgan fingerprint density at radius 1 is 0.957 bits per heavy atom. The Labute approximate surface area is 284 Å². The first-order chi connectivity index (χ1) is 22.7. The molecule has 0 N–H and O–H groups in total. The molecule has 11 heteroatoms. The smallest absolute Gasteiger partial charge is 0.249 e. The lowest BCUT2D eigenvalue weighted by Crippen LogP contribution is -2.46. The molecule has 3 aliphatic heterocycles. The van der Waals surface area contributed by atoms with Gasteiger partial charge in [0, 0.05) is 61.1 Å². The molecule has 246 valence electrons. The van der Waals surface area contributed by atoms with Crippen LogP contribution in [-0.2, 0) is 55.8 Å². The summed E-state index contributed by atoms with van der Waals surface area (Å²) < 4.78 is 45.6. The van der Waals surface area contributed by atoms with Gasteiger partial charge in [0.05, 0.1) is 37.3 Å². The van der Waals surface area contributed by atoms with Crippen LogP contribution in [0.1, 0.15) is 53.0 Å². The fourth-order valence-electron chi connectivity index (χ4n) is 6.84. The van der Waals surface area contributed by atoms with E-state index in [-0.39, 0.29) is 17.9 Å². The molecule has 0 aliphatic carbocycles. The van der Waals surface area contributed by atoms with Crippen molar-refractivity contribution in [2.45, 2.75) is 56.3 Å². The number of rotatable bonds is 7. The first kappa shape index (κ1) is 32.2. The fourth-order valence-corrected chi connectivity index (χ4v) is 8.34. The number of sulfone groups is 1. The van der Waals surface area contributed by atoms with Gasteiger partial charge in [-0.3, -0.25) is 0 Å². The Balaban J connectivity index is 1.33. The summed E-state index contributed by atoms with van der Waals surface area (Å²) in [4.78, 5) is 13.8. The first-order valence-electron chi connectivity index (χ1n) is 16.1. The number of hydrogen-bond acceptors (Lipinski definition) is 9. The van der Waals surface area contributed by atoms with E-state index in [4.69, 9.17) is 14.2 Å². The summed E-state index contributed by atoms with van der Waals surface area (Å²) in [6.45, 7) is 6.58. The highest BCUT2D eigenvalue weighted by molar-refractivity contribution is 9.10. The zero-order valence-electron chi connectivity index (χ0n) is 26.7. The second-order valence-corrected chi connectivity index (χ2v) is 15.3. The molecule has 4 aromatic rings. The van der Waals surface area contributed by atoms with E-state index in [0.717, 1.165) is 46.1 Å². The summed E-state index contributed by atoms with van der Waals surface area (Å²) in [7, 11) is -3.67. The second kappa shape index (κ2) is 13.3. The molecule has 47 heavy (non-hydrogen) atoms. The molecule has 3 aliphatic rings. The van der Waals surface area contributed by atoms with Crippen molar-refractivity contribution in [3.8, 4) is 0 Å². The van der Waals surface area contributed by atoms with Crippen LogP contribution in [0.25, 0.3) is 0 Å². The maximum absolute atomic E-state index is 12.9. The van der Waals surface area contributed by atoms with Crippen molar-refractivity contribution in [2.75, 3.05) is 49.0 Å². The molecule has 0 bridgehead atoms. The predicted octanol–water partition coefficient (Wildman–Crippen LogP) is 6.14. The van der Waals surface area contributed by atoms with E-state index in [0.29, 0.717) is 57.4 Å². The molecule has 3 aromatic carbocycles. The molecular weight excluding hydrogens is 680 g/mol. The zero-order valence-corrected chi connectivity index (χ0v) is 29.1. The maximum atomic E-state index is 12.9. The van der Waals surface area contributed by atoms with E-state index in [2.05, 4.69) is 103 Å². The monoisotopic (exact) mass is 718 g/mol. The summed E-state index contributed by atoms with van der Waals surface area (Å²) in [5, 5.41) is -0.163. The number of anilines is 2. The first-order valence-corrected chi connectivity index (χ1v) is 18.7. The highest BCUT2D eigenvalue weighted by atomic mass is 79.9. The Hall–Kier alpha value is -3.35. The van der Waals surface area contributed by atoms with Crippen LogP contribution in [0.2, 0.25) is 0 Å². The topological polar surface area (TPSA) is 94.1 Å². The van der Waals surface area contributed by atoms with Gasteiger partial charge in [-0.2, -0.15) is 0 Å². The predicted molar refractivity (Wildman–Crippen MR) is 184 cm³/mol. The molecule has 9 nitrogen and oxygen atoms in total. The minimum absolute atomic E-state index is 0.146. The molecule has 0 saturated carbocycles. The third-order valence-corrected chi connectivity index (χ3v) is 10.9. The van der Waals surface area contributed by atoms with Crippen molar-refractivity contribution >= 4 is 37.3 Å². The van der Waals surface area contributed by atoms with Crippen LogP contribution in [0.5, 0.6) is 0 Å². The van der Waals surface area contributed by atoms with Gasteiger partial charge in [0.25, 0.3) is 0 Å². The molecule has 1 saturated heterocycles. The summed E-state index contributed by atoms with van der Waals surface area (Å²) in [5.41, 5.74) is 6.15. The largest absolute Gasteiger partial charge is 0.380 e. The van der Waals surface area contributed by atoms with Crippen LogP contribution in [-0.4, -0.2) is 57.6 Å². The van der Waals surface area contributed by atoms with Crippen LogP contribution in [0.4, 0.5) is 11.5 Å². The van der Waals surface area contributed by atoms with Crippen molar-refractivity contribution in [3.05, 3.63) is 111 Å².